The molecule has 19 heavy (non-hydrogen) atoms. The number of rotatable bonds is 6. The molecule has 1 rings (SSSR count). The van der Waals surface area contributed by atoms with E-state index in [1.165, 1.54) is 0 Å². The zero-order valence-corrected chi connectivity index (χ0v) is 12.6. The molecule has 0 fully saturated rings. The van der Waals surface area contributed by atoms with Crippen molar-refractivity contribution in [3.63, 3.8) is 0 Å². The first-order valence-electron chi connectivity index (χ1n) is 5.97. The average Bonchev–Trinajstić information content (AvgIpc) is 2.30. The van der Waals surface area contributed by atoms with E-state index in [1.807, 2.05) is 32.0 Å². The molecule has 0 radical (unpaired) electrons. The fourth-order valence-electron chi connectivity index (χ4n) is 1.56. The molecule has 0 spiro atoms. The van der Waals surface area contributed by atoms with E-state index in [9.17, 15) is 9.59 Å². The fourth-order valence-corrected chi connectivity index (χ4v) is 1.94. The van der Waals surface area contributed by atoms with Crippen molar-refractivity contribution >= 4 is 33.4 Å². The van der Waals surface area contributed by atoms with Gasteiger partial charge in [0.25, 0.3) is 0 Å². The minimum atomic E-state index is -0.442. The van der Waals surface area contributed by atoms with Crippen LogP contribution in [0.4, 0.5) is 5.69 Å². The predicted octanol–water partition coefficient (Wildman–Crippen LogP) is 1.58. The number of carbonyl (C=O) groups excluding carboxylic acids is 2. The number of anilines is 1. The lowest BCUT2D eigenvalue weighted by atomic mass is 10.3. The third-order valence-electron chi connectivity index (χ3n) is 2.58. The van der Waals surface area contributed by atoms with Crippen LogP contribution < -0.4 is 11.1 Å². The summed E-state index contributed by atoms with van der Waals surface area (Å²) in [5.41, 5.74) is 5.87. The lowest BCUT2D eigenvalue weighted by Gasteiger charge is -2.24. The van der Waals surface area contributed by atoms with Gasteiger partial charge in [-0.15, -0.1) is 0 Å². The van der Waals surface area contributed by atoms with E-state index < -0.39 is 5.91 Å². The second-order valence-electron chi connectivity index (χ2n) is 4.49. The summed E-state index contributed by atoms with van der Waals surface area (Å²) in [4.78, 5) is 24.6. The molecule has 1 aromatic carbocycles. The van der Waals surface area contributed by atoms with E-state index in [-0.39, 0.29) is 25.0 Å². The summed E-state index contributed by atoms with van der Waals surface area (Å²) >= 11 is 3.36. The Hall–Kier alpha value is -1.40. The van der Waals surface area contributed by atoms with Crippen molar-refractivity contribution in [3.8, 4) is 0 Å². The van der Waals surface area contributed by atoms with Crippen LogP contribution in [0, 0.1) is 0 Å². The molecular weight excluding hydrogens is 310 g/mol. The summed E-state index contributed by atoms with van der Waals surface area (Å²) in [7, 11) is 0. The number of hydrogen-bond donors (Lipinski definition) is 2. The van der Waals surface area contributed by atoms with Gasteiger partial charge in [0.05, 0.1) is 18.8 Å². The minimum Gasteiger partial charge on any atom is -0.369 e. The van der Waals surface area contributed by atoms with Crippen molar-refractivity contribution in [2.75, 3.05) is 18.4 Å². The van der Waals surface area contributed by atoms with Gasteiger partial charge in [0.1, 0.15) is 0 Å². The van der Waals surface area contributed by atoms with Crippen LogP contribution in [0.25, 0.3) is 0 Å². The number of primary amides is 1. The van der Waals surface area contributed by atoms with Gasteiger partial charge < -0.3 is 11.1 Å². The summed E-state index contributed by atoms with van der Waals surface area (Å²) in [5, 5.41) is 2.79. The molecule has 0 saturated carbocycles. The van der Waals surface area contributed by atoms with E-state index in [1.54, 1.807) is 11.0 Å². The van der Waals surface area contributed by atoms with E-state index in [0.29, 0.717) is 5.69 Å². The van der Waals surface area contributed by atoms with E-state index in [4.69, 9.17) is 5.73 Å². The van der Waals surface area contributed by atoms with Crippen molar-refractivity contribution in [1.82, 2.24) is 4.90 Å². The van der Waals surface area contributed by atoms with Gasteiger partial charge in [-0.25, -0.2) is 0 Å². The summed E-state index contributed by atoms with van der Waals surface area (Å²) in [6.45, 7) is 4.02. The number of benzene rings is 1. The molecule has 0 atom stereocenters. The maximum Gasteiger partial charge on any atom is 0.238 e. The number of nitrogens with zero attached hydrogens (tertiary/aromatic N) is 1. The van der Waals surface area contributed by atoms with Crippen molar-refractivity contribution in [2.24, 2.45) is 5.73 Å². The molecule has 0 heterocycles. The van der Waals surface area contributed by atoms with E-state index in [0.717, 1.165) is 4.47 Å². The predicted molar refractivity (Wildman–Crippen MR) is 78.7 cm³/mol. The quantitative estimate of drug-likeness (QED) is 0.833. The van der Waals surface area contributed by atoms with Gasteiger partial charge in [-0.05, 0) is 41.9 Å². The third-order valence-corrected chi connectivity index (χ3v) is 3.28. The highest BCUT2D eigenvalue weighted by Gasteiger charge is 2.16. The van der Waals surface area contributed by atoms with Gasteiger partial charge in [-0.3, -0.25) is 14.5 Å². The monoisotopic (exact) mass is 327 g/mol. The molecule has 0 unspecified atom stereocenters. The third kappa shape index (κ3) is 5.40. The molecule has 0 aliphatic rings. The first kappa shape index (κ1) is 15.7. The van der Waals surface area contributed by atoms with Gasteiger partial charge in [-0.2, -0.15) is 0 Å². The van der Waals surface area contributed by atoms with Crippen LogP contribution in [0.15, 0.2) is 28.7 Å². The maximum absolute atomic E-state index is 11.9. The van der Waals surface area contributed by atoms with Crippen LogP contribution in [0.5, 0.6) is 0 Å². The Morgan fingerprint density at radius 3 is 2.47 bits per heavy atom. The molecule has 0 aromatic heterocycles. The highest BCUT2D eigenvalue weighted by atomic mass is 79.9. The number of amides is 2. The number of hydrogen-bond acceptors (Lipinski definition) is 3. The van der Waals surface area contributed by atoms with Crippen molar-refractivity contribution < 1.29 is 9.59 Å². The Labute approximate surface area is 121 Å². The molecule has 6 heteroatoms. The zero-order chi connectivity index (χ0) is 14.4. The SMILES string of the molecule is CC(C)N(CC(N)=O)CC(=O)Nc1ccccc1Br. The maximum atomic E-state index is 11.9. The summed E-state index contributed by atoms with van der Waals surface area (Å²) < 4.78 is 0.814. The number of halogens is 1. The molecule has 104 valence electrons. The van der Waals surface area contributed by atoms with Gasteiger partial charge in [-0.1, -0.05) is 12.1 Å². The second kappa shape index (κ2) is 7.25. The highest BCUT2D eigenvalue weighted by Crippen LogP contribution is 2.21. The molecular formula is C13H18BrN3O2. The van der Waals surface area contributed by atoms with Crippen molar-refractivity contribution in [1.29, 1.82) is 0 Å². The number of nitrogens with two attached hydrogens (primary N) is 1. The van der Waals surface area contributed by atoms with E-state index >= 15 is 0 Å². The van der Waals surface area contributed by atoms with Crippen molar-refractivity contribution in [3.05, 3.63) is 28.7 Å². The number of nitrogens with one attached hydrogen (secondary N) is 1. The Morgan fingerprint density at radius 1 is 1.32 bits per heavy atom. The van der Waals surface area contributed by atoms with Gasteiger partial charge in [0.15, 0.2) is 0 Å². The molecule has 2 amide bonds. The topological polar surface area (TPSA) is 75.4 Å². The average molecular weight is 328 g/mol. The molecule has 3 N–H and O–H groups in total. The van der Waals surface area contributed by atoms with Crippen LogP contribution in [0.2, 0.25) is 0 Å². The van der Waals surface area contributed by atoms with Crippen LogP contribution in [-0.4, -0.2) is 35.8 Å². The molecule has 5 nitrogen and oxygen atoms in total. The Bertz CT molecular complexity index is 463. The molecule has 0 aliphatic carbocycles. The lowest BCUT2D eigenvalue weighted by molar-refractivity contribution is -0.121. The van der Waals surface area contributed by atoms with E-state index in [2.05, 4.69) is 21.2 Å². The molecule has 0 aliphatic heterocycles. The molecule has 0 saturated heterocycles. The standard InChI is InChI=1S/C13H18BrN3O2/c1-9(2)17(7-12(15)18)8-13(19)16-11-6-4-3-5-10(11)14/h3-6,9H,7-8H2,1-2H3,(H2,15,18)(H,16,19). The summed E-state index contributed by atoms with van der Waals surface area (Å²) in [6.07, 6.45) is 0. The summed E-state index contributed by atoms with van der Waals surface area (Å²) in [6, 6.07) is 7.42. The number of carbonyl (C=O) groups is 2. The highest BCUT2D eigenvalue weighted by molar-refractivity contribution is 9.10. The Kier molecular flexibility index (Phi) is 5.98. The van der Waals surface area contributed by atoms with Crippen LogP contribution in [0.3, 0.4) is 0 Å². The van der Waals surface area contributed by atoms with Crippen molar-refractivity contribution in [2.45, 2.75) is 19.9 Å². The first-order chi connectivity index (χ1) is 8.90. The summed E-state index contributed by atoms with van der Waals surface area (Å²) in [5.74, 6) is -0.621. The fraction of sp³-hybridized carbons (Fsp3) is 0.385. The largest absolute Gasteiger partial charge is 0.369 e. The number of para-hydroxylation sites is 1. The van der Waals surface area contributed by atoms with Crippen LogP contribution >= 0.6 is 15.9 Å². The van der Waals surface area contributed by atoms with Crippen LogP contribution in [0.1, 0.15) is 13.8 Å². The van der Waals surface area contributed by atoms with Gasteiger partial charge >= 0.3 is 0 Å². The zero-order valence-electron chi connectivity index (χ0n) is 11.0. The van der Waals surface area contributed by atoms with Gasteiger partial charge in [0.2, 0.25) is 11.8 Å². The molecule has 0 bridgehead atoms. The molecule has 1 aromatic rings. The minimum absolute atomic E-state index is 0.0671. The normalized spacial score (nSPS) is 10.8. The Morgan fingerprint density at radius 2 is 1.95 bits per heavy atom. The second-order valence-corrected chi connectivity index (χ2v) is 5.35. The smallest absolute Gasteiger partial charge is 0.238 e. The van der Waals surface area contributed by atoms with Gasteiger partial charge in [0, 0.05) is 10.5 Å². The lowest BCUT2D eigenvalue weighted by Crippen LogP contribution is -2.43. The first-order valence-corrected chi connectivity index (χ1v) is 6.76. The Balaban J connectivity index is 2.63. The van der Waals surface area contributed by atoms with Crippen LogP contribution in [-0.2, 0) is 9.59 Å².